The lowest BCUT2D eigenvalue weighted by Crippen LogP contribution is -2.38. The highest BCUT2D eigenvalue weighted by Crippen LogP contribution is 2.48. The number of aromatic nitrogens is 4. The second-order valence-corrected chi connectivity index (χ2v) is 12.3. The van der Waals surface area contributed by atoms with Gasteiger partial charge in [0.2, 0.25) is 5.16 Å². The maximum absolute atomic E-state index is 13.2. The molecule has 7 rings (SSSR count). The number of aryl methyl sites for hydroxylation is 1. The summed E-state index contributed by atoms with van der Waals surface area (Å²) in [4.78, 5) is 37.1. The molecule has 1 saturated heterocycles. The molecular weight excluding hydrogens is 634 g/mol. The highest BCUT2D eigenvalue weighted by atomic mass is 32.2. The van der Waals surface area contributed by atoms with E-state index in [2.05, 4.69) is 37.7 Å². The molecule has 0 spiro atoms. The first-order valence-electron chi connectivity index (χ1n) is 15.1. The first-order chi connectivity index (χ1) is 23.4. The molecule has 2 aliphatic rings. The number of rotatable bonds is 9. The van der Waals surface area contributed by atoms with Crippen LogP contribution in [0.15, 0.2) is 102 Å². The van der Waals surface area contributed by atoms with E-state index in [0.29, 0.717) is 22.2 Å². The van der Waals surface area contributed by atoms with Gasteiger partial charge in [0, 0.05) is 35.5 Å². The summed E-state index contributed by atoms with van der Waals surface area (Å²) in [5.41, 5.74) is 4.28. The number of anilines is 1. The maximum atomic E-state index is 13.2. The fraction of sp³-hybridized carbons (Fsp3) is 0.200. The Morgan fingerprint density at radius 1 is 0.875 bits per heavy atom. The summed E-state index contributed by atoms with van der Waals surface area (Å²) in [5.74, 6) is -1.68. The summed E-state index contributed by atoms with van der Waals surface area (Å²) < 4.78 is 19.8. The van der Waals surface area contributed by atoms with Gasteiger partial charge in [-0.25, -0.2) is 14.3 Å². The Kier molecular flexibility index (Phi) is 8.82. The standard InChI is InChI=1S/C35H29N5O7S/c1-40-35(37-38-39-40)48-19-28-29(21-6-3-2-4-7-21)30(22-12-10-20(18-41)11-13-22)46-34(45-28)24-8-5-9-25(16-24)36-31(42)23-14-15-26-27(17-23)33(44)47-32(26)43/h2-17,28-30,34,41H,18-19H2,1H3,(H,36,42). The summed E-state index contributed by atoms with van der Waals surface area (Å²) in [7, 11) is 1.78. The largest absolute Gasteiger partial charge is 0.392 e. The van der Waals surface area contributed by atoms with Gasteiger partial charge in [-0.15, -0.1) is 5.10 Å². The zero-order valence-corrected chi connectivity index (χ0v) is 26.4. The number of hydrogen-bond donors (Lipinski definition) is 2. The third-order valence-electron chi connectivity index (χ3n) is 8.25. The van der Waals surface area contributed by atoms with Crippen molar-refractivity contribution in [1.82, 2.24) is 20.2 Å². The molecule has 0 saturated carbocycles. The molecule has 0 radical (unpaired) electrons. The number of fused-ring (bicyclic) bond motifs is 1. The van der Waals surface area contributed by atoms with E-state index in [4.69, 9.17) is 9.47 Å². The number of cyclic esters (lactones) is 2. The zero-order chi connectivity index (χ0) is 33.2. The molecule has 2 N–H and O–H groups in total. The number of carbonyl (C=O) groups excluding carboxylic acids is 3. The van der Waals surface area contributed by atoms with Crippen molar-refractivity contribution in [2.75, 3.05) is 11.1 Å². The molecule has 1 amide bonds. The molecule has 242 valence electrons. The molecule has 2 aliphatic heterocycles. The molecule has 3 heterocycles. The Labute approximate surface area is 279 Å². The number of aliphatic hydroxyl groups excluding tert-OH is 1. The molecule has 1 fully saturated rings. The normalized spacial score (nSPS) is 20.3. The van der Waals surface area contributed by atoms with Crippen LogP contribution >= 0.6 is 11.8 Å². The Hall–Kier alpha value is -5.21. The molecule has 13 heteroatoms. The highest BCUT2D eigenvalue weighted by molar-refractivity contribution is 7.99. The smallest absolute Gasteiger partial charge is 0.346 e. The fourth-order valence-electron chi connectivity index (χ4n) is 5.84. The molecule has 0 aliphatic carbocycles. The van der Waals surface area contributed by atoms with E-state index in [1.165, 1.54) is 30.0 Å². The molecule has 4 aromatic carbocycles. The van der Waals surface area contributed by atoms with Crippen molar-refractivity contribution in [3.8, 4) is 0 Å². The van der Waals surface area contributed by atoms with Gasteiger partial charge in [0.1, 0.15) is 0 Å². The molecule has 48 heavy (non-hydrogen) atoms. The van der Waals surface area contributed by atoms with E-state index in [-0.39, 0.29) is 35.3 Å². The molecular formula is C35H29N5O7S. The number of hydrogen-bond acceptors (Lipinski definition) is 11. The van der Waals surface area contributed by atoms with E-state index >= 15 is 0 Å². The summed E-state index contributed by atoms with van der Waals surface area (Å²) in [6.07, 6.45) is -1.61. The lowest BCUT2D eigenvalue weighted by Gasteiger charge is -2.43. The average molecular weight is 664 g/mol. The number of nitrogens with zero attached hydrogens (tertiary/aromatic N) is 4. The lowest BCUT2D eigenvalue weighted by atomic mass is 9.84. The highest BCUT2D eigenvalue weighted by Gasteiger charge is 2.42. The zero-order valence-electron chi connectivity index (χ0n) is 25.6. The van der Waals surface area contributed by atoms with Crippen molar-refractivity contribution >= 4 is 35.3 Å². The van der Waals surface area contributed by atoms with Crippen molar-refractivity contribution in [1.29, 1.82) is 0 Å². The van der Waals surface area contributed by atoms with Gasteiger partial charge in [0.25, 0.3) is 5.91 Å². The van der Waals surface area contributed by atoms with Crippen LogP contribution in [0.3, 0.4) is 0 Å². The van der Waals surface area contributed by atoms with Crippen LogP contribution in [0.25, 0.3) is 0 Å². The van der Waals surface area contributed by atoms with Crippen LogP contribution in [-0.4, -0.2) is 55.0 Å². The second-order valence-electron chi connectivity index (χ2n) is 11.3. The Morgan fingerprint density at radius 2 is 1.65 bits per heavy atom. The summed E-state index contributed by atoms with van der Waals surface area (Å²) >= 11 is 1.48. The summed E-state index contributed by atoms with van der Waals surface area (Å²) in [6.45, 7) is -0.0726. The number of thioether (sulfide) groups is 1. The van der Waals surface area contributed by atoms with Gasteiger partial charge in [-0.05, 0) is 57.4 Å². The minimum atomic E-state index is -0.812. The molecule has 1 aromatic heterocycles. The predicted octanol–water partition coefficient (Wildman–Crippen LogP) is 5.00. The fourth-order valence-corrected chi connectivity index (χ4v) is 6.76. The Bertz CT molecular complexity index is 1990. The van der Waals surface area contributed by atoms with E-state index in [0.717, 1.165) is 16.7 Å². The summed E-state index contributed by atoms with van der Waals surface area (Å²) in [6, 6.07) is 29.1. The average Bonchev–Trinajstić information content (AvgIpc) is 3.67. The van der Waals surface area contributed by atoms with Gasteiger partial charge in [0.15, 0.2) is 6.29 Å². The van der Waals surface area contributed by atoms with E-state index in [9.17, 15) is 19.5 Å². The number of tetrazole rings is 1. The van der Waals surface area contributed by atoms with Crippen molar-refractivity contribution in [2.45, 2.75) is 36.2 Å². The van der Waals surface area contributed by atoms with Crippen LogP contribution in [0.2, 0.25) is 0 Å². The van der Waals surface area contributed by atoms with Gasteiger partial charge >= 0.3 is 11.9 Å². The second kappa shape index (κ2) is 13.5. The SMILES string of the molecule is Cn1nnnc1SCC1OC(c2cccc(NC(=O)c3ccc4c(c3)C(=O)OC4=O)c2)OC(c2ccc(CO)cc2)C1c1ccccc1. The van der Waals surface area contributed by atoms with Crippen molar-refractivity contribution < 1.29 is 33.7 Å². The van der Waals surface area contributed by atoms with Gasteiger partial charge in [-0.1, -0.05) is 78.5 Å². The molecule has 5 aromatic rings. The molecule has 12 nitrogen and oxygen atoms in total. The number of amides is 1. The minimum Gasteiger partial charge on any atom is -0.392 e. The Balaban J connectivity index is 1.20. The first-order valence-corrected chi connectivity index (χ1v) is 16.1. The number of nitrogens with one attached hydrogen (secondary N) is 1. The van der Waals surface area contributed by atoms with Crippen molar-refractivity contribution in [2.24, 2.45) is 7.05 Å². The number of aliphatic hydroxyl groups is 1. The topological polar surface area (TPSA) is 155 Å². The third kappa shape index (κ3) is 6.36. The molecule has 4 atom stereocenters. The number of carbonyl (C=O) groups is 3. The van der Waals surface area contributed by atoms with Gasteiger partial charge < -0.3 is 24.6 Å². The van der Waals surface area contributed by atoms with Crippen LogP contribution in [0.1, 0.15) is 71.6 Å². The third-order valence-corrected chi connectivity index (χ3v) is 9.35. The number of benzene rings is 4. The van der Waals surface area contributed by atoms with Crippen LogP contribution in [-0.2, 0) is 27.9 Å². The van der Waals surface area contributed by atoms with Crippen LogP contribution in [0.5, 0.6) is 0 Å². The van der Waals surface area contributed by atoms with Gasteiger partial charge in [0.05, 0.1) is 29.9 Å². The van der Waals surface area contributed by atoms with Crippen molar-refractivity contribution in [3.63, 3.8) is 0 Å². The van der Waals surface area contributed by atoms with E-state index in [1.54, 1.807) is 29.9 Å². The van der Waals surface area contributed by atoms with Crippen LogP contribution in [0, 0.1) is 0 Å². The molecule has 4 unspecified atom stereocenters. The van der Waals surface area contributed by atoms with Crippen molar-refractivity contribution in [3.05, 3.63) is 136 Å². The number of esters is 2. The number of ether oxygens (including phenoxy) is 3. The van der Waals surface area contributed by atoms with E-state index in [1.807, 2.05) is 48.5 Å². The van der Waals surface area contributed by atoms with Crippen LogP contribution < -0.4 is 5.32 Å². The maximum Gasteiger partial charge on any atom is 0.346 e. The summed E-state index contributed by atoms with van der Waals surface area (Å²) in [5, 5.41) is 25.0. The molecule has 0 bridgehead atoms. The first kappa shape index (κ1) is 31.4. The Morgan fingerprint density at radius 3 is 2.40 bits per heavy atom. The van der Waals surface area contributed by atoms with Crippen LogP contribution in [0.4, 0.5) is 5.69 Å². The quantitative estimate of drug-likeness (QED) is 0.124. The monoisotopic (exact) mass is 663 g/mol. The van der Waals surface area contributed by atoms with Gasteiger partial charge in [-0.2, -0.15) is 0 Å². The van der Waals surface area contributed by atoms with E-state index < -0.39 is 30.2 Å². The lowest BCUT2D eigenvalue weighted by molar-refractivity contribution is -0.255. The predicted molar refractivity (Wildman–Crippen MR) is 173 cm³/mol. The van der Waals surface area contributed by atoms with Gasteiger partial charge in [-0.3, -0.25) is 4.79 Å². The minimum absolute atomic E-state index is 0.0532.